The molecule has 0 aromatic heterocycles. The summed E-state index contributed by atoms with van der Waals surface area (Å²) in [5, 5.41) is 0.875. The zero-order valence-electron chi connectivity index (χ0n) is 9.10. The van der Waals surface area contributed by atoms with E-state index in [0.29, 0.717) is 5.91 Å². The van der Waals surface area contributed by atoms with Crippen LogP contribution in [0.15, 0.2) is 0 Å². The van der Waals surface area contributed by atoms with Gasteiger partial charge in [-0.15, -0.1) is 0 Å². The summed E-state index contributed by atoms with van der Waals surface area (Å²) in [5.74, 6) is 7.35. The summed E-state index contributed by atoms with van der Waals surface area (Å²) in [5.41, 5.74) is 0. The van der Waals surface area contributed by atoms with Crippen molar-refractivity contribution in [2.45, 2.75) is 41.8 Å². The van der Waals surface area contributed by atoms with Gasteiger partial charge in [0.2, 0.25) is 0 Å². The van der Waals surface area contributed by atoms with Gasteiger partial charge < -0.3 is 0 Å². The molecule has 0 unspecified atom stereocenters. The Kier molecular flexibility index (Phi) is 3.83. The van der Waals surface area contributed by atoms with Crippen LogP contribution in [-0.4, -0.2) is 37.2 Å². The second kappa shape index (κ2) is 4.49. The van der Waals surface area contributed by atoms with E-state index in [1.165, 1.54) is 19.3 Å². The molecule has 0 saturated carbocycles. The van der Waals surface area contributed by atoms with Crippen molar-refractivity contribution < 1.29 is 4.79 Å². The molecule has 0 spiro atoms. The van der Waals surface area contributed by atoms with Gasteiger partial charge in [-0.2, -0.15) is 0 Å². The van der Waals surface area contributed by atoms with E-state index in [1.807, 2.05) is 0 Å². The van der Waals surface area contributed by atoms with E-state index in [2.05, 4.69) is 22.2 Å². The SMILES string of the molecule is [CH3][Ge]([CH3])([CH3])[CH2]C(=O)N1CCCCC1. The molecule has 1 aliphatic rings. The molecule has 1 fully saturated rings. The summed E-state index contributed by atoms with van der Waals surface area (Å²) in [6.07, 6.45) is 3.73. The Morgan fingerprint density at radius 1 is 1.15 bits per heavy atom. The number of rotatable bonds is 2. The van der Waals surface area contributed by atoms with Crippen LogP contribution in [0.5, 0.6) is 0 Å². The van der Waals surface area contributed by atoms with Crippen molar-refractivity contribution in [3.05, 3.63) is 0 Å². The molecule has 0 N–H and O–H groups in total. The van der Waals surface area contributed by atoms with Crippen LogP contribution in [-0.2, 0) is 4.79 Å². The molecule has 2 nitrogen and oxygen atoms in total. The summed E-state index contributed by atoms with van der Waals surface area (Å²) in [6, 6.07) is 0. The number of nitrogens with zero attached hydrogens (tertiary/aromatic N) is 1. The number of amides is 1. The predicted octanol–water partition coefficient (Wildman–Crippen LogP) is 2.34. The topological polar surface area (TPSA) is 20.3 Å². The Morgan fingerprint density at radius 3 is 2.15 bits per heavy atom. The van der Waals surface area contributed by atoms with Crippen molar-refractivity contribution in [1.29, 1.82) is 0 Å². The predicted molar refractivity (Wildman–Crippen MR) is 58.6 cm³/mol. The number of carbonyl (C=O) groups is 1. The minimum atomic E-state index is -1.66. The fraction of sp³-hybridized carbons (Fsp3) is 0.900. The zero-order chi connectivity index (χ0) is 9.90. The van der Waals surface area contributed by atoms with Crippen LogP contribution in [0.4, 0.5) is 0 Å². The van der Waals surface area contributed by atoms with E-state index in [4.69, 9.17) is 0 Å². The molecule has 0 aliphatic carbocycles. The summed E-state index contributed by atoms with van der Waals surface area (Å²) in [6.45, 7) is 2.02. The van der Waals surface area contributed by atoms with Gasteiger partial charge in [-0.3, -0.25) is 0 Å². The second-order valence-corrected chi connectivity index (χ2v) is 16.7. The van der Waals surface area contributed by atoms with Crippen LogP contribution in [0.1, 0.15) is 19.3 Å². The standard InChI is InChI=1S/C10H21GeNO/c1-11(2,3)9-10(13)12-7-5-4-6-8-12/h4-9H2,1-3H3. The van der Waals surface area contributed by atoms with Gasteiger partial charge in [-0.1, -0.05) is 0 Å². The normalized spacial score (nSPS) is 18.8. The second-order valence-electron chi connectivity index (χ2n) is 5.18. The summed E-state index contributed by atoms with van der Waals surface area (Å²) < 4.78 is 0. The van der Waals surface area contributed by atoms with Gasteiger partial charge in [-0.05, 0) is 0 Å². The third kappa shape index (κ3) is 4.16. The maximum absolute atomic E-state index is 11.8. The first-order valence-corrected chi connectivity index (χ1v) is 13.0. The van der Waals surface area contributed by atoms with Gasteiger partial charge >= 0.3 is 83.7 Å². The number of hydrogen-bond acceptors (Lipinski definition) is 1. The van der Waals surface area contributed by atoms with E-state index < -0.39 is 13.3 Å². The third-order valence-electron chi connectivity index (χ3n) is 2.39. The Hall–Kier alpha value is 0.0129. The zero-order valence-corrected chi connectivity index (χ0v) is 11.2. The van der Waals surface area contributed by atoms with Crippen LogP contribution in [0.25, 0.3) is 0 Å². The van der Waals surface area contributed by atoms with Crippen molar-refractivity contribution in [3.63, 3.8) is 0 Å². The monoisotopic (exact) mass is 245 g/mol. The molecule has 3 heteroatoms. The van der Waals surface area contributed by atoms with E-state index in [9.17, 15) is 4.79 Å². The molecule has 1 amide bonds. The Morgan fingerprint density at radius 2 is 1.69 bits per heavy atom. The fourth-order valence-electron chi connectivity index (χ4n) is 1.71. The third-order valence-corrected chi connectivity index (χ3v) is 5.25. The molecule has 76 valence electrons. The van der Waals surface area contributed by atoms with Gasteiger partial charge in [0, 0.05) is 0 Å². The number of piperidine rings is 1. The van der Waals surface area contributed by atoms with Crippen LogP contribution >= 0.6 is 0 Å². The molecule has 1 aliphatic heterocycles. The molecule has 0 aromatic rings. The quantitative estimate of drug-likeness (QED) is 0.682. The molecule has 0 atom stereocenters. The van der Waals surface area contributed by atoms with Crippen LogP contribution in [0.3, 0.4) is 0 Å². The summed E-state index contributed by atoms with van der Waals surface area (Å²) in [4.78, 5) is 13.9. The molecular weight excluding hydrogens is 223 g/mol. The Labute approximate surface area is 84.0 Å². The molecule has 1 heterocycles. The van der Waals surface area contributed by atoms with Crippen molar-refractivity contribution in [2.24, 2.45) is 0 Å². The molecule has 0 bridgehead atoms. The van der Waals surface area contributed by atoms with Gasteiger partial charge in [0.05, 0.1) is 0 Å². The van der Waals surface area contributed by atoms with E-state index >= 15 is 0 Å². The Bertz CT molecular complexity index is 180. The van der Waals surface area contributed by atoms with Crippen molar-refractivity contribution in [2.75, 3.05) is 13.1 Å². The summed E-state index contributed by atoms with van der Waals surface area (Å²) >= 11 is -1.66. The minimum absolute atomic E-state index is 0.423. The average Bonchev–Trinajstić information content (AvgIpc) is 2.03. The first kappa shape index (κ1) is 11.1. The van der Waals surface area contributed by atoms with Gasteiger partial charge in [0.15, 0.2) is 0 Å². The van der Waals surface area contributed by atoms with Crippen LogP contribution in [0, 0.1) is 0 Å². The van der Waals surface area contributed by atoms with Crippen molar-refractivity contribution >= 4 is 19.2 Å². The molecular formula is C10H21GeNO. The van der Waals surface area contributed by atoms with Gasteiger partial charge in [0.25, 0.3) is 0 Å². The van der Waals surface area contributed by atoms with Crippen LogP contribution < -0.4 is 0 Å². The van der Waals surface area contributed by atoms with E-state index in [0.717, 1.165) is 18.3 Å². The van der Waals surface area contributed by atoms with Crippen LogP contribution in [0.2, 0.25) is 22.5 Å². The molecule has 0 radical (unpaired) electrons. The van der Waals surface area contributed by atoms with Crippen molar-refractivity contribution in [1.82, 2.24) is 4.90 Å². The van der Waals surface area contributed by atoms with Gasteiger partial charge in [-0.25, -0.2) is 0 Å². The summed E-state index contributed by atoms with van der Waals surface area (Å²) in [7, 11) is 0. The number of likely N-dealkylation sites (tertiary alicyclic amines) is 1. The number of hydrogen-bond donors (Lipinski definition) is 0. The first-order valence-electron chi connectivity index (χ1n) is 5.27. The molecule has 0 aromatic carbocycles. The molecule has 1 rings (SSSR count). The van der Waals surface area contributed by atoms with Gasteiger partial charge in [0.1, 0.15) is 0 Å². The maximum atomic E-state index is 11.8. The Balaban J connectivity index is 2.38. The van der Waals surface area contributed by atoms with E-state index in [1.54, 1.807) is 0 Å². The molecule has 1 saturated heterocycles. The fourth-order valence-corrected chi connectivity index (χ4v) is 4.08. The first-order chi connectivity index (χ1) is 5.99. The average molecular weight is 244 g/mol. The molecule has 13 heavy (non-hydrogen) atoms. The van der Waals surface area contributed by atoms with E-state index in [-0.39, 0.29) is 0 Å². The van der Waals surface area contributed by atoms with Crippen molar-refractivity contribution in [3.8, 4) is 0 Å². The number of carbonyl (C=O) groups excluding carboxylic acids is 1.